The van der Waals surface area contributed by atoms with Crippen LogP contribution < -0.4 is 16.1 Å². The normalized spacial score (nSPS) is 14.3. The van der Waals surface area contributed by atoms with Crippen LogP contribution in [-0.2, 0) is 29.0 Å². The molecule has 0 radical (unpaired) electrons. The van der Waals surface area contributed by atoms with Gasteiger partial charge in [0.1, 0.15) is 17.5 Å². The molecule has 0 bridgehead atoms. The molecule has 5 rings (SSSR count). The molecular formula is C31H35FN6O5. The molecule has 12 heteroatoms. The molecule has 0 N–H and O–H groups in total. The number of nitrogens with zero attached hydrogens (tertiary/aromatic N) is 6. The lowest BCUT2D eigenvalue weighted by molar-refractivity contribution is -0.127. The summed E-state index contributed by atoms with van der Waals surface area (Å²) in [5.74, 6) is -0.0778. The summed E-state index contributed by atoms with van der Waals surface area (Å²) >= 11 is 0. The van der Waals surface area contributed by atoms with Crippen LogP contribution in [0.5, 0.6) is 0 Å². The topological polar surface area (TPSA) is 119 Å². The van der Waals surface area contributed by atoms with Gasteiger partial charge in [-0.3, -0.25) is 28.4 Å². The first-order chi connectivity index (χ1) is 20.8. The molecule has 43 heavy (non-hydrogen) atoms. The van der Waals surface area contributed by atoms with Crippen molar-refractivity contribution in [3.05, 3.63) is 85.9 Å². The Morgan fingerprint density at radius 3 is 2.60 bits per heavy atom. The van der Waals surface area contributed by atoms with E-state index >= 15 is 0 Å². The number of fused-ring (bicyclic) bond motifs is 1. The van der Waals surface area contributed by atoms with Crippen molar-refractivity contribution >= 4 is 29.2 Å². The summed E-state index contributed by atoms with van der Waals surface area (Å²) in [6.07, 6.45) is 4.42. The highest BCUT2D eigenvalue weighted by atomic mass is 19.1. The first kappa shape index (κ1) is 30.0. The minimum atomic E-state index is -0.515. The van der Waals surface area contributed by atoms with E-state index in [0.29, 0.717) is 67.4 Å². The molecule has 2 aliphatic heterocycles. The summed E-state index contributed by atoms with van der Waals surface area (Å²) in [6.45, 7) is 4.25. The van der Waals surface area contributed by atoms with Crippen molar-refractivity contribution < 1.29 is 18.7 Å². The van der Waals surface area contributed by atoms with E-state index in [1.165, 1.54) is 39.3 Å². The smallest absolute Gasteiger partial charge is 0.332 e. The fourth-order valence-electron chi connectivity index (χ4n) is 5.51. The maximum absolute atomic E-state index is 14.0. The average Bonchev–Trinajstić information content (AvgIpc) is 3.64. The largest absolute Gasteiger partial charge is 0.383 e. The van der Waals surface area contributed by atoms with E-state index in [1.807, 2.05) is 6.92 Å². The number of carbonyl (C=O) groups excluding carboxylic acids is 2. The van der Waals surface area contributed by atoms with Crippen molar-refractivity contribution in [2.24, 2.45) is 4.99 Å². The maximum Gasteiger partial charge on any atom is 0.332 e. The quantitative estimate of drug-likeness (QED) is 0.320. The van der Waals surface area contributed by atoms with Crippen molar-refractivity contribution in [2.75, 3.05) is 38.3 Å². The van der Waals surface area contributed by atoms with E-state index in [1.54, 1.807) is 29.3 Å². The molecule has 11 nitrogen and oxygen atoms in total. The number of pyridine rings is 1. The number of halogens is 1. The number of aliphatic imine (C=N–C) groups is 1. The number of aromatic nitrogens is 3. The third-order valence-electron chi connectivity index (χ3n) is 7.70. The van der Waals surface area contributed by atoms with Crippen LogP contribution in [0.1, 0.15) is 54.1 Å². The van der Waals surface area contributed by atoms with E-state index in [-0.39, 0.29) is 43.1 Å². The van der Waals surface area contributed by atoms with Gasteiger partial charge in [-0.1, -0.05) is 13.0 Å². The second-order valence-corrected chi connectivity index (χ2v) is 10.6. The van der Waals surface area contributed by atoms with Crippen molar-refractivity contribution in [1.29, 1.82) is 0 Å². The molecule has 226 valence electrons. The van der Waals surface area contributed by atoms with Crippen LogP contribution in [0.25, 0.3) is 0 Å². The highest BCUT2D eigenvalue weighted by Crippen LogP contribution is 2.26. The Morgan fingerprint density at radius 1 is 1.09 bits per heavy atom. The highest BCUT2D eigenvalue weighted by Gasteiger charge is 2.27. The van der Waals surface area contributed by atoms with Gasteiger partial charge >= 0.3 is 5.69 Å². The number of methoxy groups -OCH3 is 1. The predicted molar refractivity (Wildman–Crippen MR) is 160 cm³/mol. The van der Waals surface area contributed by atoms with E-state index in [9.17, 15) is 23.6 Å². The van der Waals surface area contributed by atoms with Crippen molar-refractivity contribution in [3.8, 4) is 0 Å². The summed E-state index contributed by atoms with van der Waals surface area (Å²) in [7, 11) is 1.52. The Morgan fingerprint density at radius 2 is 1.93 bits per heavy atom. The van der Waals surface area contributed by atoms with Gasteiger partial charge in [0.25, 0.3) is 11.5 Å². The number of benzene rings is 1. The lowest BCUT2D eigenvalue weighted by atomic mass is 10.1. The third kappa shape index (κ3) is 6.34. The summed E-state index contributed by atoms with van der Waals surface area (Å²) in [4.78, 5) is 64.4. The number of hydrogen-bond donors (Lipinski definition) is 0. The summed E-state index contributed by atoms with van der Waals surface area (Å²) in [5, 5.41) is 0. The lowest BCUT2D eigenvalue weighted by Crippen LogP contribution is -2.42. The molecule has 2 aromatic heterocycles. The molecule has 0 atom stereocenters. The molecule has 2 amide bonds. The van der Waals surface area contributed by atoms with E-state index in [2.05, 4.69) is 9.98 Å². The minimum absolute atomic E-state index is 0.110. The van der Waals surface area contributed by atoms with Gasteiger partial charge in [-0.25, -0.2) is 19.2 Å². The lowest BCUT2D eigenvalue weighted by Gasteiger charge is -2.24. The van der Waals surface area contributed by atoms with Gasteiger partial charge in [-0.15, -0.1) is 0 Å². The molecule has 4 heterocycles. The standard InChI is InChI=1S/C31H35FN6O5/c1-3-12-37-28-24(30(41)38(31(37)42)16-17-43-2)19-25(34-28)22-10-11-26(33-20-22)36(15-6-14-35-13-5-9-27(35)39)29(40)21-7-4-8-23(32)18-21/h4,7-8,10-11,18,20H,3,5-6,9,12-17,19H2,1-2H3. The van der Waals surface area contributed by atoms with Crippen molar-refractivity contribution in [2.45, 2.75) is 52.1 Å². The first-order valence-corrected chi connectivity index (χ1v) is 14.6. The van der Waals surface area contributed by atoms with E-state index < -0.39 is 17.4 Å². The highest BCUT2D eigenvalue weighted by molar-refractivity contribution is 6.07. The van der Waals surface area contributed by atoms with Gasteiger partial charge in [0.05, 0.1) is 24.4 Å². The van der Waals surface area contributed by atoms with Gasteiger partial charge < -0.3 is 9.64 Å². The molecule has 3 aromatic rings. The number of hydrogen-bond acceptors (Lipinski definition) is 7. The van der Waals surface area contributed by atoms with Gasteiger partial charge in [0.2, 0.25) is 5.91 Å². The van der Waals surface area contributed by atoms with E-state index in [4.69, 9.17) is 4.74 Å². The predicted octanol–water partition coefficient (Wildman–Crippen LogP) is 2.94. The van der Waals surface area contributed by atoms with Crippen LogP contribution >= 0.6 is 0 Å². The summed E-state index contributed by atoms with van der Waals surface area (Å²) < 4.78 is 21.8. The number of carbonyl (C=O) groups is 2. The molecule has 1 aromatic carbocycles. The SMILES string of the molecule is CCCn1c2c(c(=O)n(CCOC)c1=O)CC(c1ccc(N(CCCN3CCCC3=O)C(=O)c3cccc(F)c3)nc1)=N2. The molecule has 0 unspecified atom stereocenters. The molecule has 2 aliphatic rings. The summed E-state index contributed by atoms with van der Waals surface area (Å²) in [5.41, 5.74) is 1.09. The molecule has 0 saturated carbocycles. The van der Waals surface area contributed by atoms with Crippen LogP contribution in [0.4, 0.5) is 16.0 Å². The zero-order valence-electron chi connectivity index (χ0n) is 24.4. The summed E-state index contributed by atoms with van der Waals surface area (Å²) in [6, 6.07) is 8.96. The zero-order valence-corrected chi connectivity index (χ0v) is 24.4. The van der Waals surface area contributed by atoms with Crippen LogP contribution in [-0.4, -0.2) is 69.9 Å². The monoisotopic (exact) mass is 590 g/mol. The Labute approximate surface area is 248 Å². The fourth-order valence-corrected chi connectivity index (χ4v) is 5.51. The van der Waals surface area contributed by atoms with Gasteiger partial charge in [0.15, 0.2) is 0 Å². The number of rotatable bonds is 12. The van der Waals surface area contributed by atoms with Gasteiger partial charge in [-0.2, -0.15) is 0 Å². The zero-order chi connectivity index (χ0) is 30.5. The Bertz CT molecular complexity index is 1660. The number of anilines is 1. The molecule has 0 spiro atoms. The molecule has 1 fully saturated rings. The molecule has 0 aliphatic carbocycles. The van der Waals surface area contributed by atoms with Gasteiger partial charge in [-0.05, 0) is 49.6 Å². The van der Waals surface area contributed by atoms with Crippen LogP contribution in [0, 0.1) is 5.82 Å². The number of amides is 2. The minimum Gasteiger partial charge on any atom is -0.383 e. The van der Waals surface area contributed by atoms with Crippen molar-refractivity contribution in [1.82, 2.24) is 19.0 Å². The molecular weight excluding hydrogens is 555 g/mol. The van der Waals surface area contributed by atoms with Crippen LogP contribution in [0.15, 0.2) is 57.2 Å². The molecule has 1 saturated heterocycles. The Hall–Kier alpha value is -4.45. The maximum atomic E-state index is 14.0. The second kappa shape index (κ2) is 13.2. The number of likely N-dealkylation sites (tertiary alicyclic amines) is 1. The third-order valence-corrected chi connectivity index (χ3v) is 7.70. The number of ether oxygens (including phenoxy) is 1. The fraction of sp³-hybridized carbons (Fsp3) is 0.419. The second-order valence-electron chi connectivity index (χ2n) is 10.6. The van der Waals surface area contributed by atoms with Crippen LogP contribution in [0.3, 0.4) is 0 Å². The Balaban J connectivity index is 1.41. The average molecular weight is 591 g/mol. The van der Waals surface area contributed by atoms with Gasteiger partial charge in [0, 0.05) is 63.5 Å². The van der Waals surface area contributed by atoms with Crippen LogP contribution in [0.2, 0.25) is 0 Å². The first-order valence-electron chi connectivity index (χ1n) is 14.6. The van der Waals surface area contributed by atoms with E-state index in [0.717, 1.165) is 6.42 Å². The Kier molecular flexibility index (Phi) is 9.24. The van der Waals surface area contributed by atoms with Crippen molar-refractivity contribution in [3.63, 3.8) is 0 Å².